The fourth-order valence-electron chi connectivity index (χ4n) is 2.66. The van der Waals surface area contributed by atoms with E-state index in [2.05, 4.69) is 23.4 Å². The van der Waals surface area contributed by atoms with E-state index in [0.29, 0.717) is 6.04 Å². The Morgan fingerprint density at radius 1 is 1.36 bits per heavy atom. The van der Waals surface area contributed by atoms with E-state index < -0.39 is 5.91 Å². The molecule has 0 saturated carbocycles. The normalized spacial score (nSPS) is 11.4. The van der Waals surface area contributed by atoms with Crippen LogP contribution in [0, 0.1) is 13.8 Å². The molecule has 0 unspecified atom stereocenters. The molecule has 1 amide bonds. The number of benzene rings is 1. The third kappa shape index (κ3) is 3.26. The van der Waals surface area contributed by atoms with Crippen LogP contribution in [-0.4, -0.2) is 20.7 Å². The molecule has 2 aromatic rings. The lowest BCUT2D eigenvalue weighted by Gasteiger charge is -2.15. The van der Waals surface area contributed by atoms with Gasteiger partial charge in [0, 0.05) is 17.7 Å². The van der Waals surface area contributed by atoms with E-state index >= 15 is 0 Å². The number of carbonyl (C=O) groups is 1. The SMILES string of the molecule is Cc1nc(C)n(C(C)C)c1-c1cccc(/C=C/C(=O)NO)c1. The molecule has 0 bridgehead atoms. The minimum absolute atomic E-state index is 0.315. The number of rotatable bonds is 4. The number of amides is 1. The fraction of sp³-hybridized carbons (Fsp3) is 0.294. The zero-order valence-electron chi connectivity index (χ0n) is 13.3. The molecule has 22 heavy (non-hydrogen) atoms. The maximum atomic E-state index is 11.1. The van der Waals surface area contributed by atoms with Gasteiger partial charge in [-0.25, -0.2) is 10.5 Å². The first-order chi connectivity index (χ1) is 10.4. The van der Waals surface area contributed by atoms with Crippen molar-refractivity contribution in [1.29, 1.82) is 0 Å². The summed E-state index contributed by atoms with van der Waals surface area (Å²) in [6.45, 7) is 8.27. The molecule has 0 spiro atoms. The molecule has 0 aliphatic heterocycles. The number of nitrogens with zero attached hydrogens (tertiary/aromatic N) is 2. The van der Waals surface area contributed by atoms with E-state index in [9.17, 15) is 4.79 Å². The first kappa shape index (κ1) is 16.0. The Hall–Kier alpha value is -2.40. The number of aromatic nitrogens is 2. The summed E-state index contributed by atoms with van der Waals surface area (Å²) < 4.78 is 2.21. The highest BCUT2D eigenvalue weighted by Gasteiger charge is 2.15. The average Bonchev–Trinajstić information content (AvgIpc) is 2.79. The van der Waals surface area contributed by atoms with Crippen LogP contribution in [0.1, 0.15) is 37.0 Å². The van der Waals surface area contributed by atoms with Crippen LogP contribution >= 0.6 is 0 Å². The lowest BCUT2D eigenvalue weighted by molar-refractivity contribution is -0.124. The lowest BCUT2D eigenvalue weighted by atomic mass is 10.1. The Bertz CT molecular complexity index is 715. The first-order valence-electron chi connectivity index (χ1n) is 7.22. The highest BCUT2D eigenvalue weighted by Crippen LogP contribution is 2.28. The molecule has 0 fully saturated rings. The Labute approximate surface area is 130 Å². The van der Waals surface area contributed by atoms with Gasteiger partial charge in [0.15, 0.2) is 0 Å². The molecule has 0 atom stereocenters. The predicted molar refractivity (Wildman–Crippen MR) is 86.5 cm³/mol. The molecule has 116 valence electrons. The number of hydrogen-bond donors (Lipinski definition) is 2. The predicted octanol–water partition coefficient (Wildman–Crippen LogP) is 3.27. The Balaban J connectivity index is 2.47. The van der Waals surface area contributed by atoms with Crippen molar-refractivity contribution in [1.82, 2.24) is 15.0 Å². The van der Waals surface area contributed by atoms with Crippen LogP contribution < -0.4 is 5.48 Å². The highest BCUT2D eigenvalue weighted by atomic mass is 16.5. The van der Waals surface area contributed by atoms with Crippen LogP contribution in [0.2, 0.25) is 0 Å². The van der Waals surface area contributed by atoms with Gasteiger partial charge in [0.2, 0.25) is 0 Å². The zero-order chi connectivity index (χ0) is 16.3. The van der Waals surface area contributed by atoms with Gasteiger partial charge in [-0.2, -0.15) is 0 Å². The Morgan fingerprint density at radius 2 is 2.09 bits per heavy atom. The van der Waals surface area contributed by atoms with Crippen molar-refractivity contribution in [3.63, 3.8) is 0 Å². The first-order valence-corrected chi connectivity index (χ1v) is 7.22. The fourth-order valence-corrected chi connectivity index (χ4v) is 2.66. The minimum Gasteiger partial charge on any atom is -0.325 e. The van der Waals surface area contributed by atoms with Gasteiger partial charge in [0.05, 0.1) is 11.4 Å². The van der Waals surface area contributed by atoms with E-state index in [4.69, 9.17) is 5.21 Å². The molecule has 1 heterocycles. The minimum atomic E-state index is -0.551. The molecule has 5 heteroatoms. The zero-order valence-corrected chi connectivity index (χ0v) is 13.3. The maximum Gasteiger partial charge on any atom is 0.267 e. The van der Waals surface area contributed by atoms with Crippen LogP contribution in [0.4, 0.5) is 0 Å². The number of imidazole rings is 1. The van der Waals surface area contributed by atoms with Gasteiger partial charge in [-0.3, -0.25) is 10.0 Å². The molecule has 0 radical (unpaired) electrons. The van der Waals surface area contributed by atoms with E-state index in [-0.39, 0.29) is 0 Å². The topological polar surface area (TPSA) is 67.2 Å². The van der Waals surface area contributed by atoms with Crippen molar-refractivity contribution >= 4 is 12.0 Å². The maximum absolute atomic E-state index is 11.1. The van der Waals surface area contributed by atoms with Gasteiger partial charge in [-0.05, 0) is 45.4 Å². The molecule has 1 aromatic carbocycles. The molecule has 2 rings (SSSR count). The number of nitrogens with one attached hydrogen (secondary N) is 1. The molecule has 0 aliphatic carbocycles. The Kier molecular flexibility index (Phi) is 4.78. The number of hydrogen-bond acceptors (Lipinski definition) is 3. The summed E-state index contributed by atoms with van der Waals surface area (Å²) in [5.41, 5.74) is 5.59. The summed E-state index contributed by atoms with van der Waals surface area (Å²) in [7, 11) is 0. The van der Waals surface area contributed by atoms with Crippen LogP contribution in [0.5, 0.6) is 0 Å². The number of carbonyl (C=O) groups excluding carboxylic acids is 1. The van der Waals surface area contributed by atoms with Gasteiger partial charge >= 0.3 is 0 Å². The van der Waals surface area contributed by atoms with Gasteiger partial charge in [0.25, 0.3) is 5.91 Å². The summed E-state index contributed by atoms with van der Waals surface area (Å²) in [6.07, 6.45) is 2.95. The molecule has 0 aliphatic rings. The largest absolute Gasteiger partial charge is 0.325 e. The second-order valence-corrected chi connectivity index (χ2v) is 5.49. The summed E-state index contributed by atoms with van der Waals surface area (Å²) in [4.78, 5) is 15.7. The molecular formula is C17H21N3O2. The van der Waals surface area contributed by atoms with Crippen LogP contribution in [0.25, 0.3) is 17.3 Å². The monoisotopic (exact) mass is 299 g/mol. The molecule has 1 aromatic heterocycles. The van der Waals surface area contributed by atoms with E-state index in [1.807, 2.05) is 38.1 Å². The van der Waals surface area contributed by atoms with Crippen molar-refractivity contribution in [2.24, 2.45) is 0 Å². The van der Waals surface area contributed by atoms with Gasteiger partial charge in [-0.1, -0.05) is 18.2 Å². The van der Waals surface area contributed by atoms with Crippen molar-refractivity contribution in [2.75, 3.05) is 0 Å². The number of aryl methyl sites for hydroxylation is 2. The number of hydroxylamine groups is 1. The second kappa shape index (κ2) is 6.58. The van der Waals surface area contributed by atoms with E-state index in [1.54, 1.807) is 11.6 Å². The third-order valence-electron chi connectivity index (χ3n) is 3.48. The van der Waals surface area contributed by atoms with Crippen LogP contribution in [0.3, 0.4) is 0 Å². The van der Waals surface area contributed by atoms with Gasteiger partial charge in [0.1, 0.15) is 5.82 Å². The van der Waals surface area contributed by atoms with Crippen molar-refractivity contribution in [2.45, 2.75) is 33.7 Å². The van der Waals surface area contributed by atoms with Gasteiger partial charge in [-0.15, -0.1) is 0 Å². The molecule has 5 nitrogen and oxygen atoms in total. The lowest BCUT2D eigenvalue weighted by Crippen LogP contribution is -2.14. The van der Waals surface area contributed by atoms with Gasteiger partial charge < -0.3 is 4.57 Å². The van der Waals surface area contributed by atoms with Crippen LogP contribution in [0.15, 0.2) is 30.3 Å². The summed E-state index contributed by atoms with van der Waals surface area (Å²) in [5, 5.41) is 8.52. The summed E-state index contributed by atoms with van der Waals surface area (Å²) in [5.74, 6) is 0.438. The van der Waals surface area contributed by atoms with Crippen molar-refractivity contribution in [3.8, 4) is 11.3 Å². The highest BCUT2D eigenvalue weighted by molar-refractivity contribution is 5.91. The second-order valence-electron chi connectivity index (χ2n) is 5.49. The summed E-state index contributed by atoms with van der Waals surface area (Å²) >= 11 is 0. The standard InChI is InChI=1S/C17H21N3O2/c1-11(2)20-13(4)18-12(3)17(20)15-7-5-6-14(10-15)8-9-16(21)19-22/h5-11,22H,1-4H3,(H,19,21)/b9-8+. The molecule has 2 N–H and O–H groups in total. The average molecular weight is 299 g/mol. The smallest absolute Gasteiger partial charge is 0.267 e. The Morgan fingerprint density at radius 3 is 2.73 bits per heavy atom. The van der Waals surface area contributed by atoms with E-state index in [1.165, 1.54) is 6.08 Å². The van der Waals surface area contributed by atoms with Crippen molar-refractivity contribution in [3.05, 3.63) is 47.4 Å². The quantitative estimate of drug-likeness (QED) is 0.517. The summed E-state index contributed by atoms with van der Waals surface area (Å²) in [6, 6.07) is 8.20. The molecular weight excluding hydrogens is 278 g/mol. The van der Waals surface area contributed by atoms with Crippen LogP contribution in [-0.2, 0) is 4.79 Å². The van der Waals surface area contributed by atoms with Crippen molar-refractivity contribution < 1.29 is 10.0 Å². The molecule has 0 saturated heterocycles. The third-order valence-corrected chi connectivity index (χ3v) is 3.48. The van der Waals surface area contributed by atoms with E-state index in [0.717, 1.165) is 28.3 Å².